The second kappa shape index (κ2) is 7.63. The van der Waals surface area contributed by atoms with Gasteiger partial charge in [-0.1, -0.05) is 24.3 Å². The van der Waals surface area contributed by atoms with Gasteiger partial charge in [0.15, 0.2) is 6.61 Å². The molecule has 1 saturated heterocycles. The number of carbonyl (C=O) groups excluding carboxylic acids is 1. The minimum atomic E-state index is -0.0817. The zero-order chi connectivity index (χ0) is 15.9. The van der Waals surface area contributed by atoms with Gasteiger partial charge in [0.2, 0.25) is 0 Å². The summed E-state index contributed by atoms with van der Waals surface area (Å²) < 4.78 is 5.48. The van der Waals surface area contributed by atoms with E-state index < -0.39 is 0 Å². The van der Waals surface area contributed by atoms with Crippen LogP contribution in [0.3, 0.4) is 0 Å². The molecule has 2 heterocycles. The van der Waals surface area contributed by atoms with Crippen molar-refractivity contribution in [3.05, 3.63) is 54.7 Å². The van der Waals surface area contributed by atoms with E-state index in [1.165, 1.54) is 0 Å². The fraction of sp³-hybridized carbons (Fsp3) is 0.333. The van der Waals surface area contributed by atoms with E-state index >= 15 is 0 Å². The van der Waals surface area contributed by atoms with Crippen molar-refractivity contribution in [3.8, 4) is 5.75 Å². The van der Waals surface area contributed by atoms with Gasteiger partial charge in [-0.05, 0) is 37.1 Å². The Labute approximate surface area is 136 Å². The summed E-state index contributed by atoms with van der Waals surface area (Å²) in [6.07, 6.45) is 3.83. The molecule has 5 heteroatoms. The summed E-state index contributed by atoms with van der Waals surface area (Å²) in [6, 6.07) is 15.4. The standard InChI is InChI=1S/C18H21N3O2/c22-18(14-23-16-8-2-1-3-9-16)20-15-7-6-12-21(13-15)17-10-4-5-11-19-17/h1-5,8-11,15H,6-7,12-14H2,(H,20,22)/t15-/m1/s1. The molecule has 0 saturated carbocycles. The Balaban J connectivity index is 1.48. The van der Waals surface area contributed by atoms with Crippen molar-refractivity contribution in [2.45, 2.75) is 18.9 Å². The number of anilines is 1. The highest BCUT2D eigenvalue weighted by Crippen LogP contribution is 2.17. The van der Waals surface area contributed by atoms with Crippen molar-refractivity contribution < 1.29 is 9.53 Å². The maximum absolute atomic E-state index is 12.1. The molecule has 23 heavy (non-hydrogen) atoms. The SMILES string of the molecule is O=C(COc1ccccc1)N[C@@H]1CCCN(c2ccccn2)C1. The van der Waals surface area contributed by atoms with E-state index in [0.29, 0.717) is 5.75 Å². The number of ether oxygens (including phenoxy) is 1. The quantitative estimate of drug-likeness (QED) is 0.920. The van der Waals surface area contributed by atoms with Gasteiger partial charge in [-0.3, -0.25) is 4.79 Å². The highest BCUT2D eigenvalue weighted by atomic mass is 16.5. The predicted octanol–water partition coefficient (Wildman–Crippen LogP) is 2.25. The number of hydrogen-bond donors (Lipinski definition) is 1. The lowest BCUT2D eigenvalue weighted by Crippen LogP contribution is -2.49. The predicted molar refractivity (Wildman–Crippen MR) is 89.6 cm³/mol. The first-order chi connectivity index (χ1) is 11.3. The number of benzene rings is 1. The molecule has 1 aliphatic heterocycles. The molecule has 1 amide bonds. The first kappa shape index (κ1) is 15.3. The number of nitrogens with one attached hydrogen (secondary N) is 1. The maximum Gasteiger partial charge on any atom is 0.258 e. The average Bonchev–Trinajstić information content (AvgIpc) is 2.62. The van der Waals surface area contributed by atoms with E-state index in [0.717, 1.165) is 31.7 Å². The number of nitrogens with zero attached hydrogens (tertiary/aromatic N) is 2. The molecule has 0 unspecified atom stereocenters. The lowest BCUT2D eigenvalue weighted by atomic mass is 10.1. The monoisotopic (exact) mass is 311 g/mol. The Hall–Kier alpha value is -2.56. The summed E-state index contributed by atoms with van der Waals surface area (Å²) in [4.78, 5) is 18.7. The van der Waals surface area contributed by atoms with E-state index in [1.54, 1.807) is 6.20 Å². The van der Waals surface area contributed by atoms with Gasteiger partial charge >= 0.3 is 0 Å². The topological polar surface area (TPSA) is 54.5 Å². The number of hydrogen-bond acceptors (Lipinski definition) is 4. The second-order valence-corrected chi connectivity index (χ2v) is 5.64. The summed E-state index contributed by atoms with van der Waals surface area (Å²) >= 11 is 0. The Bertz CT molecular complexity index is 619. The van der Waals surface area contributed by atoms with Crippen molar-refractivity contribution in [1.29, 1.82) is 0 Å². The first-order valence-electron chi connectivity index (χ1n) is 7.94. The van der Waals surface area contributed by atoms with Gasteiger partial charge in [0.1, 0.15) is 11.6 Å². The van der Waals surface area contributed by atoms with Crippen LogP contribution in [0.1, 0.15) is 12.8 Å². The molecule has 0 bridgehead atoms. The van der Waals surface area contributed by atoms with Crippen LogP contribution in [0.2, 0.25) is 0 Å². The molecule has 5 nitrogen and oxygen atoms in total. The molecule has 120 valence electrons. The van der Waals surface area contributed by atoms with Crippen LogP contribution in [0.5, 0.6) is 5.75 Å². The summed E-state index contributed by atoms with van der Waals surface area (Å²) in [6.45, 7) is 1.81. The summed E-state index contributed by atoms with van der Waals surface area (Å²) in [5.74, 6) is 1.59. The van der Waals surface area contributed by atoms with Crippen LogP contribution in [0, 0.1) is 0 Å². The van der Waals surface area contributed by atoms with Gasteiger partial charge < -0.3 is 15.0 Å². The number of aromatic nitrogens is 1. The molecule has 0 radical (unpaired) electrons. The van der Waals surface area contributed by atoms with E-state index in [2.05, 4.69) is 15.2 Å². The van der Waals surface area contributed by atoms with Gasteiger partial charge in [0.05, 0.1) is 0 Å². The van der Waals surface area contributed by atoms with Crippen LogP contribution in [-0.2, 0) is 4.79 Å². The fourth-order valence-electron chi connectivity index (χ4n) is 2.78. The van der Waals surface area contributed by atoms with Gasteiger partial charge in [0, 0.05) is 25.3 Å². The molecule has 0 aliphatic carbocycles. The van der Waals surface area contributed by atoms with Gasteiger partial charge in [-0.2, -0.15) is 0 Å². The number of piperidine rings is 1. The Kier molecular flexibility index (Phi) is 5.09. The van der Waals surface area contributed by atoms with Crippen LogP contribution < -0.4 is 15.0 Å². The summed E-state index contributed by atoms with van der Waals surface area (Å²) in [5, 5.41) is 3.06. The third-order valence-electron chi connectivity index (χ3n) is 3.87. The van der Waals surface area contributed by atoms with Crippen LogP contribution in [0.4, 0.5) is 5.82 Å². The lowest BCUT2D eigenvalue weighted by Gasteiger charge is -2.33. The van der Waals surface area contributed by atoms with Crippen molar-refractivity contribution in [1.82, 2.24) is 10.3 Å². The fourth-order valence-corrected chi connectivity index (χ4v) is 2.78. The van der Waals surface area contributed by atoms with Gasteiger partial charge in [-0.15, -0.1) is 0 Å². The van der Waals surface area contributed by atoms with E-state index in [-0.39, 0.29) is 18.6 Å². The Morgan fingerprint density at radius 1 is 1.22 bits per heavy atom. The molecule has 2 aromatic rings. The highest BCUT2D eigenvalue weighted by molar-refractivity contribution is 5.78. The molecular formula is C18H21N3O2. The summed E-state index contributed by atoms with van der Waals surface area (Å²) in [5.41, 5.74) is 0. The molecular weight excluding hydrogens is 290 g/mol. The van der Waals surface area contributed by atoms with Gasteiger partial charge in [-0.25, -0.2) is 4.98 Å². The largest absolute Gasteiger partial charge is 0.484 e. The number of rotatable bonds is 5. The molecule has 3 rings (SSSR count). The molecule has 0 spiro atoms. The number of pyridine rings is 1. The highest BCUT2D eigenvalue weighted by Gasteiger charge is 2.22. The number of amides is 1. The zero-order valence-electron chi connectivity index (χ0n) is 13.0. The molecule has 1 aromatic heterocycles. The Morgan fingerprint density at radius 2 is 2.04 bits per heavy atom. The second-order valence-electron chi connectivity index (χ2n) is 5.64. The van der Waals surface area contributed by atoms with E-state index in [4.69, 9.17) is 4.74 Å². The molecule has 1 atom stereocenters. The minimum absolute atomic E-state index is 0.0457. The smallest absolute Gasteiger partial charge is 0.258 e. The lowest BCUT2D eigenvalue weighted by molar-refractivity contribution is -0.123. The van der Waals surface area contributed by atoms with E-state index in [1.807, 2.05) is 48.5 Å². The number of carbonyl (C=O) groups is 1. The maximum atomic E-state index is 12.1. The normalized spacial score (nSPS) is 17.6. The van der Waals surface area contributed by atoms with Crippen LogP contribution in [0.15, 0.2) is 54.7 Å². The third kappa shape index (κ3) is 4.45. The zero-order valence-corrected chi connectivity index (χ0v) is 13.0. The molecule has 1 aromatic carbocycles. The van der Waals surface area contributed by atoms with Crippen molar-refractivity contribution in [2.24, 2.45) is 0 Å². The average molecular weight is 311 g/mol. The van der Waals surface area contributed by atoms with Crippen molar-refractivity contribution >= 4 is 11.7 Å². The van der Waals surface area contributed by atoms with Crippen molar-refractivity contribution in [2.75, 3.05) is 24.6 Å². The Morgan fingerprint density at radius 3 is 2.83 bits per heavy atom. The van der Waals surface area contributed by atoms with Crippen LogP contribution >= 0.6 is 0 Å². The minimum Gasteiger partial charge on any atom is -0.484 e. The van der Waals surface area contributed by atoms with Crippen molar-refractivity contribution in [3.63, 3.8) is 0 Å². The molecule has 1 N–H and O–H groups in total. The number of para-hydroxylation sites is 1. The van der Waals surface area contributed by atoms with Gasteiger partial charge in [0.25, 0.3) is 5.91 Å². The molecule has 1 fully saturated rings. The van der Waals surface area contributed by atoms with Crippen LogP contribution in [0.25, 0.3) is 0 Å². The first-order valence-corrected chi connectivity index (χ1v) is 7.94. The van der Waals surface area contributed by atoms with E-state index in [9.17, 15) is 4.79 Å². The summed E-state index contributed by atoms with van der Waals surface area (Å²) in [7, 11) is 0. The molecule has 1 aliphatic rings. The van der Waals surface area contributed by atoms with Crippen LogP contribution in [-0.4, -0.2) is 36.6 Å². The third-order valence-corrected chi connectivity index (χ3v) is 3.87.